The summed E-state index contributed by atoms with van der Waals surface area (Å²) in [5, 5.41) is 0. The summed E-state index contributed by atoms with van der Waals surface area (Å²) in [6.45, 7) is 0.637. The van der Waals surface area contributed by atoms with Gasteiger partial charge in [0.05, 0.1) is 17.2 Å². The van der Waals surface area contributed by atoms with Crippen LogP contribution in [0.5, 0.6) is 5.75 Å². The minimum absolute atomic E-state index is 0.0216. The van der Waals surface area contributed by atoms with Gasteiger partial charge in [-0.05, 0) is 43.2 Å². The molecule has 0 spiro atoms. The Balaban J connectivity index is 1.69. The molecule has 2 aromatic rings. The molecule has 1 unspecified atom stereocenters. The molecule has 3 rings (SSSR count). The predicted molar refractivity (Wildman–Crippen MR) is 105 cm³/mol. The number of anilines is 1. The lowest BCUT2D eigenvalue weighted by Gasteiger charge is -2.27. The average Bonchev–Trinajstić information content (AvgIpc) is 3.16. The monoisotopic (exact) mass is 446 g/mol. The lowest BCUT2D eigenvalue weighted by atomic mass is 10.1. The predicted octanol–water partition coefficient (Wildman–Crippen LogP) is 5.04. The first-order valence-electron chi connectivity index (χ1n) is 9.09. The highest BCUT2D eigenvalue weighted by Crippen LogP contribution is 2.33. The SMILES string of the molecule is CSNC(=O)c1cc(F)c(OCC2CCCN2c2ccc(C(F)(F)F)cc2)cc1F. The average molecular weight is 446 g/mol. The number of alkyl halides is 3. The van der Waals surface area contributed by atoms with Crippen molar-refractivity contribution in [2.45, 2.75) is 25.1 Å². The van der Waals surface area contributed by atoms with Gasteiger partial charge in [-0.15, -0.1) is 0 Å². The Labute approximate surface area is 174 Å². The highest BCUT2D eigenvalue weighted by Gasteiger charge is 2.31. The number of nitrogens with zero attached hydrogens (tertiary/aromatic N) is 1. The van der Waals surface area contributed by atoms with Crippen molar-refractivity contribution in [3.05, 3.63) is 59.2 Å². The maximum Gasteiger partial charge on any atom is 0.416 e. The number of carbonyl (C=O) groups excluding carboxylic acids is 1. The summed E-state index contributed by atoms with van der Waals surface area (Å²) in [5.41, 5.74) is -0.562. The Kier molecular flexibility index (Phi) is 6.74. The van der Waals surface area contributed by atoms with Gasteiger partial charge in [-0.2, -0.15) is 13.2 Å². The molecule has 1 aliphatic rings. The molecule has 0 saturated carbocycles. The molecule has 1 N–H and O–H groups in total. The second-order valence-corrected chi connectivity index (χ2v) is 7.36. The van der Waals surface area contributed by atoms with Crippen LogP contribution in [-0.2, 0) is 6.18 Å². The first kappa shape index (κ1) is 22.2. The molecule has 30 heavy (non-hydrogen) atoms. The van der Waals surface area contributed by atoms with Gasteiger partial charge >= 0.3 is 6.18 Å². The highest BCUT2D eigenvalue weighted by molar-refractivity contribution is 7.97. The number of amides is 1. The number of ether oxygens (including phenoxy) is 1. The quantitative estimate of drug-likeness (QED) is 0.499. The van der Waals surface area contributed by atoms with E-state index < -0.39 is 34.8 Å². The summed E-state index contributed by atoms with van der Waals surface area (Å²) in [4.78, 5) is 13.6. The van der Waals surface area contributed by atoms with Crippen molar-refractivity contribution in [1.29, 1.82) is 0 Å². The first-order chi connectivity index (χ1) is 14.2. The largest absolute Gasteiger partial charge is 0.488 e. The van der Waals surface area contributed by atoms with E-state index in [1.807, 2.05) is 4.90 Å². The number of rotatable bonds is 6. The van der Waals surface area contributed by atoms with Crippen molar-refractivity contribution in [2.75, 3.05) is 24.3 Å². The lowest BCUT2D eigenvalue weighted by molar-refractivity contribution is -0.137. The fourth-order valence-electron chi connectivity index (χ4n) is 3.34. The Morgan fingerprint density at radius 2 is 1.90 bits per heavy atom. The summed E-state index contributed by atoms with van der Waals surface area (Å²) in [5.74, 6) is -2.87. The summed E-state index contributed by atoms with van der Waals surface area (Å²) in [6.07, 6.45) is -1.35. The maximum absolute atomic E-state index is 14.3. The Morgan fingerprint density at radius 3 is 2.53 bits per heavy atom. The molecule has 0 bridgehead atoms. The van der Waals surface area contributed by atoms with E-state index in [0.29, 0.717) is 18.7 Å². The zero-order chi connectivity index (χ0) is 21.9. The Bertz CT molecular complexity index is 905. The van der Waals surface area contributed by atoms with E-state index in [2.05, 4.69) is 4.72 Å². The van der Waals surface area contributed by atoms with E-state index in [9.17, 15) is 26.7 Å². The van der Waals surface area contributed by atoms with Gasteiger partial charge in [-0.25, -0.2) is 8.78 Å². The van der Waals surface area contributed by atoms with Crippen molar-refractivity contribution in [2.24, 2.45) is 0 Å². The molecule has 1 saturated heterocycles. The van der Waals surface area contributed by atoms with Crippen LogP contribution in [0.1, 0.15) is 28.8 Å². The molecule has 4 nitrogen and oxygen atoms in total. The molecular weight excluding hydrogens is 427 g/mol. The minimum atomic E-state index is -4.41. The molecule has 1 fully saturated rings. The molecule has 1 atom stereocenters. The molecule has 1 aliphatic heterocycles. The Hall–Kier alpha value is -2.49. The molecule has 0 radical (unpaired) electrons. The molecule has 1 amide bonds. The fraction of sp³-hybridized carbons (Fsp3) is 0.350. The number of carbonyl (C=O) groups is 1. The maximum atomic E-state index is 14.3. The number of nitrogens with one attached hydrogen (secondary N) is 1. The molecule has 162 valence electrons. The molecular formula is C20H19F5N2O2S. The van der Waals surface area contributed by atoms with Crippen molar-refractivity contribution >= 4 is 23.5 Å². The zero-order valence-corrected chi connectivity index (χ0v) is 16.7. The van der Waals surface area contributed by atoms with Gasteiger partial charge in [-0.1, -0.05) is 11.9 Å². The molecule has 0 aliphatic carbocycles. The smallest absolute Gasteiger partial charge is 0.416 e. The minimum Gasteiger partial charge on any atom is -0.488 e. The van der Waals surface area contributed by atoms with Crippen LogP contribution in [0.2, 0.25) is 0 Å². The van der Waals surface area contributed by atoms with E-state index in [1.165, 1.54) is 12.1 Å². The van der Waals surface area contributed by atoms with Crippen LogP contribution in [-0.4, -0.2) is 31.4 Å². The Morgan fingerprint density at radius 1 is 1.20 bits per heavy atom. The molecule has 2 aromatic carbocycles. The van der Waals surface area contributed by atoms with Gasteiger partial charge in [0.15, 0.2) is 11.6 Å². The van der Waals surface area contributed by atoms with Gasteiger partial charge in [0.2, 0.25) is 0 Å². The number of hydrogen-bond donors (Lipinski definition) is 1. The van der Waals surface area contributed by atoms with Crippen molar-refractivity contribution in [3.63, 3.8) is 0 Å². The van der Waals surface area contributed by atoms with Crippen molar-refractivity contribution in [3.8, 4) is 5.75 Å². The third-order valence-corrected chi connectivity index (χ3v) is 5.19. The van der Waals surface area contributed by atoms with Crippen LogP contribution in [0.25, 0.3) is 0 Å². The fourth-order valence-corrected chi connectivity index (χ4v) is 3.63. The summed E-state index contributed by atoms with van der Waals surface area (Å²) < 4.78 is 74.5. The van der Waals surface area contributed by atoms with Gasteiger partial charge < -0.3 is 9.64 Å². The molecule has 10 heteroatoms. The van der Waals surface area contributed by atoms with Crippen LogP contribution in [0.4, 0.5) is 27.6 Å². The number of benzene rings is 2. The third kappa shape index (κ3) is 4.97. The van der Waals surface area contributed by atoms with Crippen LogP contribution >= 0.6 is 11.9 Å². The highest BCUT2D eigenvalue weighted by atomic mass is 32.2. The second kappa shape index (κ2) is 9.11. The zero-order valence-electron chi connectivity index (χ0n) is 15.9. The van der Waals surface area contributed by atoms with E-state index in [4.69, 9.17) is 4.74 Å². The van der Waals surface area contributed by atoms with Gasteiger partial charge in [0.1, 0.15) is 12.4 Å². The third-order valence-electron chi connectivity index (χ3n) is 4.80. The van der Waals surface area contributed by atoms with E-state index in [0.717, 1.165) is 42.6 Å². The van der Waals surface area contributed by atoms with Crippen LogP contribution < -0.4 is 14.4 Å². The van der Waals surface area contributed by atoms with Gasteiger partial charge in [0.25, 0.3) is 5.91 Å². The topological polar surface area (TPSA) is 41.6 Å². The summed E-state index contributed by atoms with van der Waals surface area (Å²) in [7, 11) is 0. The van der Waals surface area contributed by atoms with Crippen LogP contribution in [0.15, 0.2) is 36.4 Å². The van der Waals surface area contributed by atoms with E-state index in [1.54, 1.807) is 6.26 Å². The summed E-state index contributed by atoms with van der Waals surface area (Å²) in [6, 6.07) is 6.20. The van der Waals surface area contributed by atoms with E-state index >= 15 is 0 Å². The number of halogens is 5. The van der Waals surface area contributed by atoms with E-state index in [-0.39, 0.29) is 18.4 Å². The standard InChI is InChI=1S/C20H19F5N2O2S/c1-30-26-19(28)15-9-17(22)18(10-16(15)21)29-11-14-3-2-8-27(14)13-6-4-12(5-7-13)20(23,24)25/h4-7,9-10,14H,2-3,8,11H2,1H3,(H,26,28). The lowest BCUT2D eigenvalue weighted by Crippen LogP contribution is -2.34. The van der Waals surface area contributed by atoms with Crippen LogP contribution in [0.3, 0.4) is 0 Å². The number of hydrogen-bond acceptors (Lipinski definition) is 4. The van der Waals surface area contributed by atoms with Gasteiger partial charge in [-0.3, -0.25) is 9.52 Å². The first-order valence-corrected chi connectivity index (χ1v) is 10.3. The van der Waals surface area contributed by atoms with Crippen molar-refractivity contribution in [1.82, 2.24) is 4.72 Å². The normalized spacial score (nSPS) is 16.6. The van der Waals surface area contributed by atoms with Crippen LogP contribution in [0, 0.1) is 11.6 Å². The molecule has 0 aromatic heterocycles. The van der Waals surface area contributed by atoms with Gasteiger partial charge in [0, 0.05) is 24.6 Å². The van der Waals surface area contributed by atoms with Crippen molar-refractivity contribution < 1.29 is 31.5 Å². The second-order valence-electron chi connectivity index (χ2n) is 6.74. The summed E-state index contributed by atoms with van der Waals surface area (Å²) >= 11 is 0.963. The molecule has 1 heterocycles.